The number of nitrogens with one attached hydrogen (secondary N) is 2. The van der Waals surface area contributed by atoms with Crippen molar-refractivity contribution in [2.75, 3.05) is 26.7 Å². The van der Waals surface area contributed by atoms with Gasteiger partial charge in [-0.1, -0.05) is 30.7 Å². The van der Waals surface area contributed by atoms with Crippen molar-refractivity contribution >= 4 is 5.91 Å². The Morgan fingerprint density at radius 1 is 1.35 bits per heavy atom. The van der Waals surface area contributed by atoms with Gasteiger partial charge in [0.25, 0.3) is 0 Å². The summed E-state index contributed by atoms with van der Waals surface area (Å²) in [6.45, 7) is 8.93. The second-order valence-electron chi connectivity index (χ2n) is 6.78. The van der Waals surface area contributed by atoms with Crippen molar-refractivity contribution in [3.63, 3.8) is 0 Å². The molecule has 0 bridgehead atoms. The van der Waals surface area contributed by atoms with Crippen LogP contribution in [0.5, 0.6) is 0 Å². The molecule has 0 aromatic heterocycles. The summed E-state index contributed by atoms with van der Waals surface area (Å²) in [5.41, 5.74) is 3.75. The molecular formula is C19H31N3O. The van der Waals surface area contributed by atoms with Crippen LogP contribution in [0.25, 0.3) is 0 Å². The zero-order valence-electron chi connectivity index (χ0n) is 15.0. The molecule has 0 aliphatic carbocycles. The molecule has 23 heavy (non-hydrogen) atoms. The van der Waals surface area contributed by atoms with Crippen LogP contribution in [0.2, 0.25) is 0 Å². The van der Waals surface area contributed by atoms with E-state index in [4.69, 9.17) is 0 Å². The highest BCUT2D eigenvalue weighted by Crippen LogP contribution is 2.21. The number of aryl methyl sites for hydroxylation is 2. The molecule has 0 radical (unpaired) electrons. The number of nitrogens with zero attached hydrogens (tertiary/aromatic N) is 1. The lowest BCUT2D eigenvalue weighted by molar-refractivity contribution is -0.123. The maximum absolute atomic E-state index is 12.4. The van der Waals surface area contributed by atoms with Gasteiger partial charge in [-0.25, -0.2) is 0 Å². The third kappa shape index (κ3) is 5.05. The number of hydrogen-bond donors (Lipinski definition) is 2. The highest BCUT2D eigenvalue weighted by atomic mass is 16.2. The van der Waals surface area contributed by atoms with E-state index in [0.717, 1.165) is 32.4 Å². The van der Waals surface area contributed by atoms with Crippen molar-refractivity contribution in [1.82, 2.24) is 15.5 Å². The van der Waals surface area contributed by atoms with E-state index in [0.29, 0.717) is 12.6 Å². The first-order valence-corrected chi connectivity index (χ1v) is 8.78. The van der Waals surface area contributed by atoms with E-state index in [1.807, 2.05) is 0 Å². The van der Waals surface area contributed by atoms with Crippen LogP contribution in [0, 0.1) is 13.8 Å². The first-order chi connectivity index (χ1) is 11.0. The summed E-state index contributed by atoms with van der Waals surface area (Å²) in [6.07, 6.45) is 3.16. The van der Waals surface area contributed by atoms with E-state index in [-0.39, 0.29) is 11.9 Å². The molecule has 2 rings (SSSR count). The predicted molar refractivity (Wildman–Crippen MR) is 95.6 cm³/mol. The van der Waals surface area contributed by atoms with Crippen LogP contribution < -0.4 is 10.6 Å². The van der Waals surface area contributed by atoms with Crippen molar-refractivity contribution in [2.24, 2.45) is 0 Å². The minimum atomic E-state index is 0.101. The van der Waals surface area contributed by atoms with Gasteiger partial charge in [-0.3, -0.25) is 9.69 Å². The van der Waals surface area contributed by atoms with Gasteiger partial charge in [0.2, 0.25) is 5.91 Å². The standard InChI is InChI=1S/C19H31N3O/c1-5-18(17-7-6-14(2)12-15(17)3)21-19(23)13-22(4)16-8-10-20-11-9-16/h6-7,12,16,18,20H,5,8-11,13H2,1-4H3,(H,21,23). The molecule has 0 saturated carbocycles. The summed E-state index contributed by atoms with van der Waals surface area (Å²) in [5, 5.41) is 6.59. The first kappa shape index (κ1) is 18.0. The van der Waals surface area contributed by atoms with Crippen molar-refractivity contribution in [2.45, 2.75) is 52.1 Å². The van der Waals surface area contributed by atoms with Gasteiger partial charge < -0.3 is 10.6 Å². The SMILES string of the molecule is CCC(NC(=O)CN(C)C1CCNCC1)c1ccc(C)cc1C. The summed E-state index contributed by atoms with van der Waals surface area (Å²) in [6, 6.07) is 7.08. The number of carbonyl (C=O) groups excluding carboxylic acids is 1. The molecule has 0 spiro atoms. The lowest BCUT2D eigenvalue weighted by Gasteiger charge is -2.31. The minimum absolute atomic E-state index is 0.101. The highest BCUT2D eigenvalue weighted by Gasteiger charge is 2.21. The van der Waals surface area contributed by atoms with E-state index in [2.05, 4.69) is 61.6 Å². The quantitative estimate of drug-likeness (QED) is 0.847. The zero-order valence-corrected chi connectivity index (χ0v) is 15.0. The van der Waals surface area contributed by atoms with E-state index >= 15 is 0 Å². The fourth-order valence-corrected chi connectivity index (χ4v) is 3.46. The normalized spacial score (nSPS) is 17.3. The Hall–Kier alpha value is -1.39. The Bertz CT molecular complexity index is 523. The van der Waals surface area contributed by atoms with E-state index in [9.17, 15) is 4.79 Å². The topological polar surface area (TPSA) is 44.4 Å². The summed E-state index contributed by atoms with van der Waals surface area (Å²) >= 11 is 0. The monoisotopic (exact) mass is 317 g/mol. The smallest absolute Gasteiger partial charge is 0.234 e. The maximum Gasteiger partial charge on any atom is 0.234 e. The molecule has 1 aliphatic heterocycles. The van der Waals surface area contributed by atoms with Crippen LogP contribution in [0.4, 0.5) is 0 Å². The van der Waals surface area contributed by atoms with Crippen molar-refractivity contribution in [3.8, 4) is 0 Å². The van der Waals surface area contributed by atoms with E-state index in [1.54, 1.807) is 0 Å². The third-order valence-corrected chi connectivity index (χ3v) is 4.87. The molecule has 4 nitrogen and oxygen atoms in total. The van der Waals surface area contributed by atoms with E-state index in [1.165, 1.54) is 16.7 Å². The first-order valence-electron chi connectivity index (χ1n) is 8.78. The Morgan fingerprint density at radius 3 is 2.65 bits per heavy atom. The van der Waals surface area contributed by atoms with Gasteiger partial charge in [0.15, 0.2) is 0 Å². The number of piperidine rings is 1. The van der Waals surface area contributed by atoms with Crippen LogP contribution in [-0.4, -0.2) is 43.5 Å². The maximum atomic E-state index is 12.4. The Kier molecular flexibility index (Phi) is 6.60. The average Bonchev–Trinajstić information content (AvgIpc) is 2.54. The minimum Gasteiger partial charge on any atom is -0.348 e. The van der Waals surface area contributed by atoms with Gasteiger partial charge in [0.1, 0.15) is 0 Å². The molecule has 1 saturated heterocycles. The number of rotatable bonds is 6. The largest absolute Gasteiger partial charge is 0.348 e. The van der Waals surface area contributed by atoms with Crippen LogP contribution >= 0.6 is 0 Å². The fraction of sp³-hybridized carbons (Fsp3) is 0.632. The van der Waals surface area contributed by atoms with Gasteiger partial charge in [-0.2, -0.15) is 0 Å². The number of amides is 1. The highest BCUT2D eigenvalue weighted by molar-refractivity contribution is 5.78. The molecule has 1 fully saturated rings. The van der Waals surface area contributed by atoms with Crippen LogP contribution in [-0.2, 0) is 4.79 Å². The fourth-order valence-electron chi connectivity index (χ4n) is 3.46. The molecule has 4 heteroatoms. The summed E-state index contributed by atoms with van der Waals surface area (Å²) in [5.74, 6) is 0.123. The number of likely N-dealkylation sites (N-methyl/N-ethyl adjacent to an activating group) is 1. The van der Waals surface area contributed by atoms with Crippen molar-refractivity contribution in [1.29, 1.82) is 0 Å². The molecule has 1 heterocycles. The Labute approximate surface area is 140 Å². The third-order valence-electron chi connectivity index (χ3n) is 4.87. The predicted octanol–water partition coefficient (Wildman–Crippen LogP) is 2.55. The summed E-state index contributed by atoms with van der Waals surface area (Å²) < 4.78 is 0. The van der Waals surface area contributed by atoms with Crippen molar-refractivity contribution in [3.05, 3.63) is 34.9 Å². The molecule has 1 aromatic rings. The van der Waals surface area contributed by atoms with Crippen LogP contribution in [0.1, 0.15) is 48.9 Å². The summed E-state index contributed by atoms with van der Waals surface area (Å²) in [7, 11) is 2.06. The lowest BCUT2D eigenvalue weighted by atomic mass is 9.97. The Balaban J connectivity index is 1.93. The van der Waals surface area contributed by atoms with Crippen molar-refractivity contribution < 1.29 is 4.79 Å². The van der Waals surface area contributed by atoms with Crippen LogP contribution in [0.3, 0.4) is 0 Å². The summed E-state index contributed by atoms with van der Waals surface area (Å²) in [4.78, 5) is 14.6. The van der Waals surface area contributed by atoms with Gasteiger partial charge in [-0.05, 0) is 64.4 Å². The van der Waals surface area contributed by atoms with Crippen LogP contribution in [0.15, 0.2) is 18.2 Å². The zero-order chi connectivity index (χ0) is 16.8. The molecule has 1 aliphatic rings. The molecule has 2 N–H and O–H groups in total. The van der Waals surface area contributed by atoms with Gasteiger partial charge in [0.05, 0.1) is 12.6 Å². The lowest BCUT2D eigenvalue weighted by Crippen LogP contribution is -2.45. The molecule has 1 unspecified atom stereocenters. The number of carbonyl (C=O) groups is 1. The molecule has 1 atom stereocenters. The second kappa shape index (κ2) is 8.46. The van der Waals surface area contributed by atoms with E-state index < -0.39 is 0 Å². The molecule has 1 aromatic carbocycles. The second-order valence-corrected chi connectivity index (χ2v) is 6.78. The number of hydrogen-bond acceptors (Lipinski definition) is 3. The van der Waals surface area contributed by atoms with Gasteiger partial charge >= 0.3 is 0 Å². The number of benzene rings is 1. The average molecular weight is 317 g/mol. The molecule has 1 amide bonds. The van der Waals surface area contributed by atoms with Gasteiger partial charge in [0, 0.05) is 6.04 Å². The Morgan fingerprint density at radius 2 is 2.04 bits per heavy atom. The van der Waals surface area contributed by atoms with Gasteiger partial charge in [-0.15, -0.1) is 0 Å². The molecule has 128 valence electrons. The molecular weight excluding hydrogens is 286 g/mol.